The summed E-state index contributed by atoms with van der Waals surface area (Å²) in [5.41, 5.74) is 4.80. The van der Waals surface area contributed by atoms with Crippen LogP contribution >= 0.6 is 11.3 Å². The molecule has 0 aliphatic heterocycles. The molecule has 0 aliphatic rings. The third-order valence-electron chi connectivity index (χ3n) is 5.13. The van der Waals surface area contributed by atoms with Gasteiger partial charge in [0.1, 0.15) is 16.7 Å². The molecule has 12 heteroatoms. The monoisotopic (exact) mass is 541 g/mol. The second-order valence-corrected chi connectivity index (χ2v) is 10.5. The van der Waals surface area contributed by atoms with Crippen LogP contribution in [0.4, 0.5) is 9.59 Å². The number of amides is 4. The van der Waals surface area contributed by atoms with E-state index in [0.29, 0.717) is 24.5 Å². The molecule has 0 spiro atoms. The van der Waals surface area contributed by atoms with Crippen LogP contribution in [-0.2, 0) is 14.3 Å². The molecule has 0 saturated carbocycles. The van der Waals surface area contributed by atoms with Crippen LogP contribution in [0, 0.1) is 11.8 Å². The molecule has 0 aromatic carbocycles. The lowest BCUT2D eigenvalue weighted by Crippen LogP contribution is -2.52. The first-order chi connectivity index (χ1) is 17.6. The Balaban J connectivity index is 2.75. The Bertz CT molecular complexity index is 860. The first-order valence-electron chi connectivity index (χ1n) is 13.0. The minimum absolute atomic E-state index is 0.0996. The highest BCUT2D eigenvalue weighted by atomic mass is 32.1. The number of hydrogen-bond donors (Lipinski definition) is 4. The van der Waals surface area contributed by atoms with Crippen molar-refractivity contribution in [3.63, 3.8) is 0 Å². The van der Waals surface area contributed by atoms with Crippen LogP contribution in [0.15, 0.2) is 5.38 Å². The Kier molecular flexibility index (Phi) is 15.2. The maximum Gasteiger partial charge on any atom is 0.407 e. The molecule has 0 unspecified atom stereocenters. The molecule has 1 rings (SSSR count). The van der Waals surface area contributed by atoms with Gasteiger partial charge >= 0.3 is 12.2 Å². The number of ether oxygens (including phenoxy) is 2. The molecule has 11 nitrogen and oxygen atoms in total. The van der Waals surface area contributed by atoms with Gasteiger partial charge in [0.2, 0.25) is 0 Å². The number of rotatable bonds is 15. The third kappa shape index (κ3) is 13.3. The summed E-state index contributed by atoms with van der Waals surface area (Å²) in [6.07, 6.45) is 3.09. The average molecular weight is 542 g/mol. The van der Waals surface area contributed by atoms with Crippen LogP contribution in [-0.4, -0.2) is 48.2 Å². The van der Waals surface area contributed by atoms with Gasteiger partial charge in [-0.15, -0.1) is 11.3 Å². The van der Waals surface area contributed by atoms with Crippen LogP contribution in [0.25, 0.3) is 0 Å². The summed E-state index contributed by atoms with van der Waals surface area (Å²) in [6.45, 7) is 12.5. The van der Waals surface area contributed by atoms with Crippen molar-refractivity contribution < 1.29 is 28.7 Å². The number of carbonyl (C=O) groups is 4. The average Bonchev–Trinajstić information content (AvgIpc) is 3.32. The second kappa shape index (κ2) is 17.5. The fourth-order valence-corrected chi connectivity index (χ4v) is 4.07. The fourth-order valence-electron chi connectivity index (χ4n) is 3.20. The summed E-state index contributed by atoms with van der Waals surface area (Å²) >= 11 is 1.24. The van der Waals surface area contributed by atoms with Crippen molar-refractivity contribution in [2.24, 2.45) is 11.8 Å². The van der Waals surface area contributed by atoms with Gasteiger partial charge in [-0.05, 0) is 37.5 Å². The summed E-state index contributed by atoms with van der Waals surface area (Å²) in [5, 5.41) is 7.50. The quantitative estimate of drug-likeness (QED) is 0.189. The number of nitrogens with zero attached hydrogens (tertiary/aromatic N) is 1. The number of thiazole rings is 1. The molecular formula is C25H43N5O6S. The normalized spacial score (nSPS) is 12.5. The Hall–Kier alpha value is -2.89. The Morgan fingerprint density at radius 1 is 0.865 bits per heavy atom. The van der Waals surface area contributed by atoms with Crippen LogP contribution < -0.4 is 21.5 Å². The highest BCUT2D eigenvalue weighted by molar-refractivity contribution is 7.09. The van der Waals surface area contributed by atoms with E-state index >= 15 is 0 Å². The lowest BCUT2D eigenvalue weighted by atomic mass is 10.0. The molecule has 0 radical (unpaired) electrons. The van der Waals surface area contributed by atoms with E-state index in [2.05, 4.69) is 26.5 Å². The van der Waals surface area contributed by atoms with Crippen molar-refractivity contribution in [2.75, 3.05) is 13.2 Å². The molecule has 37 heavy (non-hydrogen) atoms. The van der Waals surface area contributed by atoms with Crippen molar-refractivity contribution in [2.45, 2.75) is 92.2 Å². The van der Waals surface area contributed by atoms with E-state index in [4.69, 9.17) is 9.47 Å². The molecule has 210 valence electrons. The topological polar surface area (TPSA) is 148 Å². The van der Waals surface area contributed by atoms with Gasteiger partial charge in [0, 0.05) is 5.38 Å². The van der Waals surface area contributed by atoms with Crippen molar-refractivity contribution in [3.05, 3.63) is 16.1 Å². The summed E-state index contributed by atoms with van der Waals surface area (Å²) in [6, 6.07) is -1.28. The summed E-state index contributed by atoms with van der Waals surface area (Å²) in [5.74, 6) is -0.805. The Morgan fingerprint density at radius 3 is 1.97 bits per heavy atom. The molecular weight excluding hydrogens is 498 g/mol. The Morgan fingerprint density at radius 2 is 1.43 bits per heavy atom. The zero-order valence-electron chi connectivity index (χ0n) is 22.8. The van der Waals surface area contributed by atoms with Gasteiger partial charge < -0.3 is 20.1 Å². The van der Waals surface area contributed by atoms with Crippen molar-refractivity contribution in [1.29, 1.82) is 0 Å². The first-order valence-corrected chi connectivity index (χ1v) is 13.9. The lowest BCUT2D eigenvalue weighted by Gasteiger charge is -2.20. The van der Waals surface area contributed by atoms with Gasteiger partial charge in [-0.1, -0.05) is 54.4 Å². The van der Waals surface area contributed by atoms with Gasteiger partial charge in [0.25, 0.3) is 11.8 Å². The van der Waals surface area contributed by atoms with Crippen LogP contribution in [0.3, 0.4) is 0 Å². The van der Waals surface area contributed by atoms with E-state index in [0.717, 1.165) is 25.7 Å². The number of unbranched alkanes of at least 4 members (excludes halogenated alkanes) is 2. The van der Waals surface area contributed by atoms with E-state index in [1.165, 1.54) is 11.3 Å². The molecule has 0 fully saturated rings. The van der Waals surface area contributed by atoms with Crippen molar-refractivity contribution in [1.82, 2.24) is 26.5 Å². The van der Waals surface area contributed by atoms with Gasteiger partial charge in [-0.25, -0.2) is 14.6 Å². The van der Waals surface area contributed by atoms with Gasteiger partial charge in [0.15, 0.2) is 0 Å². The molecule has 1 heterocycles. The zero-order chi connectivity index (χ0) is 27.8. The molecule has 4 N–H and O–H groups in total. The molecule has 1 aromatic heterocycles. The van der Waals surface area contributed by atoms with Crippen molar-refractivity contribution in [3.8, 4) is 0 Å². The standard InChI is InChI=1S/C25H43N5O6S/c1-7-9-11-35-24(33)27-18(13-16(3)4)21(31)29-30-22(32)20-15-37-23(26-20)19(14-17(5)6)28-25(34)36-12-10-8-2/h15-19H,7-14H2,1-6H3,(H,27,33)(H,28,34)(H,29,31)(H,30,32)/t18-,19-/m0/s1. The highest BCUT2D eigenvalue weighted by Crippen LogP contribution is 2.25. The van der Waals surface area contributed by atoms with E-state index in [-0.39, 0.29) is 24.1 Å². The molecule has 0 aliphatic carbocycles. The predicted molar refractivity (Wildman–Crippen MR) is 142 cm³/mol. The number of carbonyl (C=O) groups excluding carboxylic acids is 4. The van der Waals surface area contributed by atoms with Gasteiger partial charge in [-0.3, -0.25) is 20.4 Å². The summed E-state index contributed by atoms with van der Waals surface area (Å²) in [7, 11) is 0. The fraction of sp³-hybridized carbons (Fsp3) is 0.720. The van der Waals surface area contributed by atoms with Gasteiger partial charge in [0.05, 0.1) is 19.3 Å². The molecule has 4 amide bonds. The summed E-state index contributed by atoms with van der Waals surface area (Å²) < 4.78 is 10.3. The maximum atomic E-state index is 12.7. The molecule has 2 atom stereocenters. The highest BCUT2D eigenvalue weighted by Gasteiger charge is 2.25. The number of hydrazine groups is 1. The van der Waals surface area contributed by atoms with E-state index < -0.39 is 36.1 Å². The second-order valence-electron chi connectivity index (χ2n) is 9.65. The predicted octanol–water partition coefficient (Wildman–Crippen LogP) is 4.46. The summed E-state index contributed by atoms with van der Waals surface area (Å²) in [4.78, 5) is 53.9. The molecule has 1 aromatic rings. The van der Waals surface area contributed by atoms with Gasteiger partial charge in [-0.2, -0.15) is 0 Å². The van der Waals surface area contributed by atoms with E-state index in [1.54, 1.807) is 5.38 Å². The van der Waals surface area contributed by atoms with Crippen LogP contribution in [0.5, 0.6) is 0 Å². The number of nitrogens with one attached hydrogen (secondary N) is 4. The number of aromatic nitrogens is 1. The molecule has 0 saturated heterocycles. The smallest absolute Gasteiger partial charge is 0.407 e. The largest absolute Gasteiger partial charge is 0.450 e. The van der Waals surface area contributed by atoms with Crippen molar-refractivity contribution >= 4 is 35.3 Å². The zero-order valence-corrected chi connectivity index (χ0v) is 23.7. The maximum absolute atomic E-state index is 12.7. The third-order valence-corrected chi connectivity index (χ3v) is 6.09. The minimum Gasteiger partial charge on any atom is -0.450 e. The number of alkyl carbamates (subject to hydrolysis) is 2. The van der Waals surface area contributed by atoms with E-state index in [1.807, 2.05) is 41.5 Å². The minimum atomic E-state index is -0.876. The van der Waals surface area contributed by atoms with E-state index in [9.17, 15) is 19.2 Å². The SMILES string of the molecule is CCCCOC(=O)N[C@@H](CC(C)C)C(=O)NNC(=O)c1csc([C@H](CC(C)C)NC(=O)OCCCC)n1. The Labute approximate surface area is 223 Å². The van der Waals surface area contributed by atoms with Crippen LogP contribution in [0.1, 0.15) is 102 Å². The van der Waals surface area contributed by atoms with Crippen LogP contribution in [0.2, 0.25) is 0 Å². The lowest BCUT2D eigenvalue weighted by molar-refractivity contribution is -0.124. The first kappa shape index (κ1) is 32.1. The number of hydrogen-bond acceptors (Lipinski definition) is 8. The molecule has 0 bridgehead atoms.